The van der Waals surface area contributed by atoms with Crippen molar-refractivity contribution < 1.29 is 59.9 Å². The molecule has 224 valence electrons. The number of aromatic hydroxyl groups is 2. The number of rotatable bonds is 6. The highest BCUT2D eigenvalue weighted by molar-refractivity contribution is 6.02. The summed E-state index contributed by atoms with van der Waals surface area (Å²) in [6.45, 7) is 1.22. The van der Waals surface area contributed by atoms with Crippen LogP contribution in [0.2, 0.25) is 0 Å². The highest BCUT2D eigenvalue weighted by atomic mass is 16.6. The predicted octanol–water partition coefficient (Wildman–Crippen LogP) is 0.162. The van der Waals surface area contributed by atoms with E-state index in [0.717, 1.165) is 0 Å². The molecule has 8 N–H and O–H groups in total. The topological polar surface area (TPSA) is 207 Å². The smallest absolute Gasteiger partial charge is 0.174 e. The summed E-state index contributed by atoms with van der Waals surface area (Å²) in [5.74, 6) is -1.76. The zero-order chi connectivity index (χ0) is 29.6. The number of ether oxygens (including phenoxy) is 3. The lowest BCUT2D eigenvalue weighted by Gasteiger charge is -2.46. The molecule has 12 heteroatoms. The molecule has 0 aromatic heterocycles. The van der Waals surface area contributed by atoms with Crippen LogP contribution < -0.4 is 9.47 Å². The maximum atomic E-state index is 12.9. The second kappa shape index (κ2) is 11.7. The van der Waals surface area contributed by atoms with Crippen molar-refractivity contribution >= 4 is 5.78 Å². The minimum atomic E-state index is -1.54. The standard InChI is InChI=1S/C29H36O12/c1-12-6-21(26(36)27(37)24(12)34)41-29-22(7-14(11-30)25(35)28(29)38)39-16-8-17(32)23-18(33)10-19(40-20(23)9-16)13-2-4-15(31)5-3-13/h2-5,8-9,12,14,19,21-22,24-32,34-38H,6-7,10-11H2,1H3/t12-,14-,19+,21+,22-,24+,25-,26+,27-,28+,29+/m1/s1. The number of carbonyl (C=O) groups excluding carboxylic acids is 1. The maximum Gasteiger partial charge on any atom is 0.174 e. The summed E-state index contributed by atoms with van der Waals surface area (Å²) in [5, 5.41) is 82.6. The van der Waals surface area contributed by atoms with Crippen LogP contribution >= 0.6 is 0 Å². The van der Waals surface area contributed by atoms with E-state index in [2.05, 4.69) is 0 Å². The molecule has 2 fully saturated rings. The van der Waals surface area contributed by atoms with Crippen molar-refractivity contribution in [3.8, 4) is 23.0 Å². The minimum absolute atomic E-state index is 0.0145. The van der Waals surface area contributed by atoms with Crippen molar-refractivity contribution in [2.45, 2.75) is 81.1 Å². The fraction of sp³-hybridized carbons (Fsp3) is 0.552. The van der Waals surface area contributed by atoms with E-state index in [0.29, 0.717) is 5.56 Å². The molecule has 3 aliphatic rings. The minimum Gasteiger partial charge on any atom is -0.508 e. The van der Waals surface area contributed by atoms with Gasteiger partial charge in [-0.3, -0.25) is 4.79 Å². The number of fused-ring (bicyclic) bond motifs is 1. The van der Waals surface area contributed by atoms with Gasteiger partial charge in [0.15, 0.2) is 5.78 Å². The Labute approximate surface area is 236 Å². The van der Waals surface area contributed by atoms with Gasteiger partial charge in [-0.05, 0) is 36.5 Å². The van der Waals surface area contributed by atoms with Gasteiger partial charge in [-0.25, -0.2) is 0 Å². The molecule has 5 rings (SSSR count). The van der Waals surface area contributed by atoms with E-state index in [-0.39, 0.29) is 53.6 Å². The van der Waals surface area contributed by atoms with Crippen LogP contribution in [0.1, 0.15) is 48.2 Å². The van der Waals surface area contributed by atoms with Crippen LogP contribution in [0.4, 0.5) is 0 Å². The van der Waals surface area contributed by atoms with E-state index < -0.39 is 73.4 Å². The summed E-state index contributed by atoms with van der Waals surface area (Å²) in [7, 11) is 0. The summed E-state index contributed by atoms with van der Waals surface area (Å²) < 4.78 is 18.2. The molecule has 11 atom stereocenters. The van der Waals surface area contributed by atoms with Crippen molar-refractivity contribution in [1.29, 1.82) is 0 Å². The summed E-state index contributed by atoms with van der Waals surface area (Å²) in [5.41, 5.74) is 0.628. The summed E-state index contributed by atoms with van der Waals surface area (Å²) in [4.78, 5) is 12.9. The molecular weight excluding hydrogens is 540 g/mol. The highest BCUT2D eigenvalue weighted by Crippen LogP contribution is 2.43. The van der Waals surface area contributed by atoms with Gasteiger partial charge < -0.3 is 55.1 Å². The number of Topliss-reactive ketones (excluding diaryl/α,β-unsaturated/α-hetero) is 1. The van der Waals surface area contributed by atoms with Crippen LogP contribution in [0.3, 0.4) is 0 Å². The molecule has 0 radical (unpaired) electrons. The molecule has 2 aromatic carbocycles. The van der Waals surface area contributed by atoms with Crippen molar-refractivity contribution in [3.63, 3.8) is 0 Å². The van der Waals surface area contributed by atoms with E-state index in [1.54, 1.807) is 19.1 Å². The quantitative estimate of drug-likeness (QED) is 0.232. The molecule has 0 spiro atoms. The van der Waals surface area contributed by atoms with E-state index in [4.69, 9.17) is 14.2 Å². The fourth-order valence-corrected chi connectivity index (χ4v) is 6.01. The summed E-state index contributed by atoms with van der Waals surface area (Å²) in [6, 6.07) is 8.84. The largest absolute Gasteiger partial charge is 0.508 e. The van der Waals surface area contributed by atoms with Gasteiger partial charge in [0, 0.05) is 24.7 Å². The van der Waals surface area contributed by atoms with Crippen LogP contribution in [0.15, 0.2) is 36.4 Å². The van der Waals surface area contributed by atoms with Gasteiger partial charge in [0.25, 0.3) is 0 Å². The van der Waals surface area contributed by atoms with Gasteiger partial charge in [-0.15, -0.1) is 0 Å². The van der Waals surface area contributed by atoms with E-state index in [1.807, 2.05) is 0 Å². The van der Waals surface area contributed by atoms with Crippen molar-refractivity contribution in [2.24, 2.45) is 11.8 Å². The van der Waals surface area contributed by atoms with Gasteiger partial charge in [0.05, 0.1) is 24.7 Å². The first kappa shape index (κ1) is 29.5. The van der Waals surface area contributed by atoms with Gasteiger partial charge >= 0.3 is 0 Å². The molecule has 41 heavy (non-hydrogen) atoms. The van der Waals surface area contributed by atoms with Crippen LogP contribution in [0, 0.1) is 11.8 Å². The van der Waals surface area contributed by atoms with E-state index in [1.165, 1.54) is 24.3 Å². The first-order valence-corrected chi connectivity index (χ1v) is 13.7. The molecule has 0 amide bonds. The molecule has 0 saturated heterocycles. The number of benzene rings is 2. The Kier molecular flexibility index (Phi) is 8.44. The number of aliphatic hydroxyl groups is 6. The molecule has 2 aliphatic carbocycles. The first-order valence-electron chi connectivity index (χ1n) is 13.7. The lowest BCUT2D eigenvalue weighted by atomic mass is 9.79. The first-order chi connectivity index (χ1) is 19.5. The van der Waals surface area contributed by atoms with Gasteiger partial charge in [-0.2, -0.15) is 0 Å². The number of carbonyl (C=O) groups is 1. The molecule has 1 aliphatic heterocycles. The zero-order valence-electron chi connectivity index (χ0n) is 22.4. The normalized spacial score (nSPS) is 37.2. The van der Waals surface area contributed by atoms with Gasteiger partial charge in [-0.1, -0.05) is 19.1 Å². The SMILES string of the molecule is C[C@@H]1C[C@H](O[C@@H]2[C@@H](O)[C@H](O)[C@@H](CO)C[C@H]2Oc2cc(O)c3c(c2)O[C@H](c2ccc(O)cc2)CC3=O)[C@H](O)[C@H](O)[C@H]1O. The number of phenols is 2. The summed E-state index contributed by atoms with van der Waals surface area (Å²) in [6.07, 6.45) is -10.8. The van der Waals surface area contributed by atoms with Crippen molar-refractivity contribution in [2.75, 3.05) is 6.61 Å². The molecule has 2 saturated carbocycles. The van der Waals surface area contributed by atoms with Crippen LogP contribution in [-0.2, 0) is 4.74 Å². The average Bonchev–Trinajstić information content (AvgIpc) is 2.94. The third-order valence-electron chi connectivity index (χ3n) is 8.43. The van der Waals surface area contributed by atoms with Crippen molar-refractivity contribution in [3.05, 3.63) is 47.5 Å². The predicted molar refractivity (Wildman–Crippen MR) is 141 cm³/mol. The number of ketones is 1. The second-order valence-corrected chi connectivity index (χ2v) is 11.3. The number of phenolic OH excluding ortho intramolecular Hbond substituents is 2. The van der Waals surface area contributed by atoms with E-state index in [9.17, 15) is 45.6 Å². The monoisotopic (exact) mass is 576 g/mol. The molecule has 1 heterocycles. The molecule has 0 unspecified atom stereocenters. The van der Waals surface area contributed by atoms with Gasteiger partial charge in [0.2, 0.25) is 0 Å². The molecule has 2 aromatic rings. The third-order valence-corrected chi connectivity index (χ3v) is 8.43. The number of hydrogen-bond acceptors (Lipinski definition) is 12. The Morgan fingerprint density at radius 2 is 1.59 bits per heavy atom. The third kappa shape index (κ3) is 5.73. The summed E-state index contributed by atoms with van der Waals surface area (Å²) >= 11 is 0. The Morgan fingerprint density at radius 1 is 0.878 bits per heavy atom. The van der Waals surface area contributed by atoms with Crippen LogP contribution in [0.5, 0.6) is 23.0 Å². The number of hydrogen-bond donors (Lipinski definition) is 8. The van der Waals surface area contributed by atoms with Gasteiger partial charge in [0.1, 0.15) is 65.2 Å². The molecule has 12 nitrogen and oxygen atoms in total. The Hall–Kier alpha value is -2.97. The lowest BCUT2D eigenvalue weighted by molar-refractivity contribution is -0.234. The van der Waals surface area contributed by atoms with E-state index >= 15 is 0 Å². The highest BCUT2D eigenvalue weighted by Gasteiger charge is 2.49. The maximum absolute atomic E-state index is 12.9. The van der Waals surface area contributed by atoms with Crippen molar-refractivity contribution in [1.82, 2.24) is 0 Å². The Balaban J connectivity index is 1.41. The number of aliphatic hydroxyl groups excluding tert-OH is 6. The fourth-order valence-electron chi connectivity index (χ4n) is 6.01. The second-order valence-electron chi connectivity index (χ2n) is 11.3. The average molecular weight is 577 g/mol. The molecular formula is C29H36O12. The molecule has 0 bridgehead atoms. The Bertz CT molecular complexity index is 1240. The van der Waals surface area contributed by atoms with Crippen LogP contribution in [-0.4, -0.2) is 102 Å². The zero-order valence-corrected chi connectivity index (χ0v) is 22.4. The Morgan fingerprint density at radius 3 is 2.27 bits per heavy atom. The van der Waals surface area contributed by atoms with Crippen LogP contribution in [0.25, 0.3) is 0 Å². The lowest BCUT2D eigenvalue weighted by Crippen LogP contribution is -2.61.